The van der Waals surface area contributed by atoms with Gasteiger partial charge in [-0.2, -0.15) is 0 Å². The van der Waals surface area contributed by atoms with Gasteiger partial charge in [0.05, 0.1) is 12.6 Å². The van der Waals surface area contributed by atoms with E-state index < -0.39 is 0 Å². The predicted octanol–water partition coefficient (Wildman–Crippen LogP) is 2.92. The second-order valence-corrected chi connectivity index (χ2v) is 6.26. The highest BCUT2D eigenvalue weighted by Crippen LogP contribution is 2.29. The van der Waals surface area contributed by atoms with Crippen LogP contribution in [-0.4, -0.2) is 18.4 Å². The van der Waals surface area contributed by atoms with Crippen LogP contribution in [0, 0.1) is 6.92 Å². The number of hydrogen-bond donors (Lipinski definition) is 2. The molecular weight excluding hydrogens is 300 g/mol. The molecule has 2 N–H and O–H groups in total. The van der Waals surface area contributed by atoms with Crippen molar-refractivity contribution in [2.24, 2.45) is 0 Å². The molecule has 0 aliphatic heterocycles. The maximum atomic E-state index is 12.2. The number of carbonyl (C=O) groups is 2. The Balaban J connectivity index is 1.56. The van der Waals surface area contributed by atoms with E-state index in [2.05, 4.69) is 22.8 Å². The second-order valence-electron chi connectivity index (χ2n) is 6.26. The Labute approximate surface area is 142 Å². The van der Waals surface area contributed by atoms with Crippen molar-refractivity contribution in [2.75, 3.05) is 6.54 Å². The summed E-state index contributed by atoms with van der Waals surface area (Å²) in [5.74, 6) is -0.379. The molecule has 0 unspecified atom stereocenters. The largest absolute Gasteiger partial charge is 0.348 e. The number of aryl methyl sites for hydroxylation is 2. The van der Waals surface area contributed by atoms with Crippen molar-refractivity contribution in [3.05, 3.63) is 70.8 Å². The van der Waals surface area contributed by atoms with E-state index in [1.807, 2.05) is 37.3 Å². The van der Waals surface area contributed by atoms with Gasteiger partial charge in [0.15, 0.2) is 0 Å². The highest BCUT2D eigenvalue weighted by Gasteiger charge is 2.21. The highest BCUT2D eigenvalue weighted by atomic mass is 16.2. The first kappa shape index (κ1) is 16.2. The van der Waals surface area contributed by atoms with Crippen molar-refractivity contribution < 1.29 is 9.59 Å². The summed E-state index contributed by atoms with van der Waals surface area (Å²) in [6.07, 6.45) is 3.07. The zero-order valence-electron chi connectivity index (χ0n) is 13.8. The molecule has 1 atom stereocenters. The first-order chi connectivity index (χ1) is 11.6. The van der Waals surface area contributed by atoms with Gasteiger partial charge in [-0.15, -0.1) is 0 Å². The van der Waals surface area contributed by atoms with Crippen LogP contribution >= 0.6 is 0 Å². The summed E-state index contributed by atoms with van der Waals surface area (Å²) in [6, 6.07) is 15.6. The fraction of sp³-hybridized carbons (Fsp3) is 0.300. The summed E-state index contributed by atoms with van der Waals surface area (Å²) < 4.78 is 0. The Morgan fingerprint density at radius 2 is 1.96 bits per heavy atom. The lowest BCUT2D eigenvalue weighted by molar-refractivity contribution is -0.121. The lowest BCUT2D eigenvalue weighted by Crippen LogP contribution is -2.39. The average molecular weight is 322 g/mol. The van der Waals surface area contributed by atoms with Gasteiger partial charge in [-0.1, -0.05) is 42.0 Å². The van der Waals surface area contributed by atoms with Gasteiger partial charge in [0.2, 0.25) is 5.91 Å². The maximum absolute atomic E-state index is 12.2. The zero-order valence-corrected chi connectivity index (χ0v) is 13.8. The smallest absolute Gasteiger partial charge is 0.251 e. The fourth-order valence-corrected chi connectivity index (χ4v) is 3.20. The molecular formula is C20H22N2O2. The molecule has 0 radical (unpaired) electrons. The van der Waals surface area contributed by atoms with Crippen LogP contribution in [0.2, 0.25) is 0 Å². The molecule has 0 saturated carbocycles. The minimum absolute atomic E-state index is 0.00849. The van der Waals surface area contributed by atoms with Crippen molar-refractivity contribution in [1.82, 2.24) is 10.6 Å². The van der Waals surface area contributed by atoms with Crippen molar-refractivity contribution in [1.29, 1.82) is 0 Å². The van der Waals surface area contributed by atoms with Crippen LogP contribution in [0.25, 0.3) is 0 Å². The summed E-state index contributed by atoms with van der Waals surface area (Å²) in [5, 5.41) is 5.73. The molecule has 0 spiro atoms. The molecule has 24 heavy (non-hydrogen) atoms. The molecule has 4 heteroatoms. The van der Waals surface area contributed by atoms with E-state index in [1.54, 1.807) is 6.07 Å². The molecule has 2 aromatic rings. The third-order valence-electron chi connectivity index (χ3n) is 4.39. The quantitative estimate of drug-likeness (QED) is 0.909. The van der Waals surface area contributed by atoms with E-state index in [-0.39, 0.29) is 24.4 Å². The number of amides is 2. The van der Waals surface area contributed by atoms with E-state index in [4.69, 9.17) is 0 Å². The number of hydrogen-bond acceptors (Lipinski definition) is 2. The molecule has 2 aromatic carbocycles. The van der Waals surface area contributed by atoms with E-state index in [1.165, 1.54) is 11.1 Å². The van der Waals surface area contributed by atoms with Crippen LogP contribution in [0.4, 0.5) is 0 Å². The molecule has 0 aromatic heterocycles. The van der Waals surface area contributed by atoms with E-state index in [0.29, 0.717) is 5.56 Å². The third kappa shape index (κ3) is 3.82. The number of carbonyl (C=O) groups excluding carboxylic acids is 2. The van der Waals surface area contributed by atoms with Gasteiger partial charge >= 0.3 is 0 Å². The number of benzene rings is 2. The van der Waals surface area contributed by atoms with Crippen LogP contribution < -0.4 is 10.6 Å². The summed E-state index contributed by atoms with van der Waals surface area (Å²) in [4.78, 5) is 24.3. The summed E-state index contributed by atoms with van der Waals surface area (Å²) in [5.41, 5.74) is 4.09. The van der Waals surface area contributed by atoms with Crippen LogP contribution in [0.3, 0.4) is 0 Å². The van der Waals surface area contributed by atoms with Gasteiger partial charge < -0.3 is 10.6 Å². The predicted molar refractivity (Wildman–Crippen MR) is 93.8 cm³/mol. The summed E-state index contributed by atoms with van der Waals surface area (Å²) >= 11 is 0. The Hall–Kier alpha value is -2.62. The maximum Gasteiger partial charge on any atom is 0.251 e. The van der Waals surface area contributed by atoms with Crippen LogP contribution in [0.1, 0.15) is 45.9 Å². The molecule has 3 rings (SSSR count). The van der Waals surface area contributed by atoms with Crippen molar-refractivity contribution in [3.8, 4) is 0 Å². The molecule has 1 aliphatic rings. The molecule has 1 aliphatic carbocycles. The van der Waals surface area contributed by atoms with Gasteiger partial charge in [-0.05, 0) is 49.4 Å². The Morgan fingerprint density at radius 3 is 2.79 bits per heavy atom. The van der Waals surface area contributed by atoms with Gasteiger partial charge in [0.1, 0.15) is 0 Å². The Kier molecular flexibility index (Phi) is 4.94. The summed E-state index contributed by atoms with van der Waals surface area (Å²) in [7, 11) is 0. The minimum Gasteiger partial charge on any atom is -0.348 e. The van der Waals surface area contributed by atoms with Gasteiger partial charge in [0.25, 0.3) is 5.91 Å². The minimum atomic E-state index is -0.224. The van der Waals surface area contributed by atoms with Crippen molar-refractivity contribution in [2.45, 2.75) is 32.2 Å². The van der Waals surface area contributed by atoms with E-state index in [9.17, 15) is 9.59 Å². The monoisotopic (exact) mass is 322 g/mol. The topological polar surface area (TPSA) is 58.2 Å². The number of rotatable bonds is 4. The summed E-state index contributed by atoms with van der Waals surface area (Å²) in [6.45, 7) is 1.93. The van der Waals surface area contributed by atoms with Gasteiger partial charge in [-0.25, -0.2) is 0 Å². The van der Waals surface area contributed by atoms with Crippen LogP contribution in [0.15, 0.2) is 48.5 Å². The van der Waals surface area contributed by atoms with Crippen molar-refractivity contribution >= 4 is 11.8 Å². The average Bonchev–Trinajstić information content (AvgIpc) is 2.60. The van der Waals surface area contributed by atoms with Gasteiger partial charge in [0, 0.05) is 5.56 Å². The number of fused-ring (bicyclic) bond motifs is 1. The number of nitrogens with one attached hydrogen (secondary N) is 2. The Bertz CT molecular complexity index is 755. The first-order valence-corrected chi connectivity index (χ1v) is 8.35. The molecule has 4 nitrogen and oxygen atoms in total. The van der Waals surface area contributed by atoms with Crippen LogP contribution in [-0.2, 0) is 11.2 Å². The third-order valence-corrected chi connectivity index (χ3v) is 4.39. The molecule has 0 bridgehead atoms. The molecule has 0 heterocycles. The van der Waals surface area contributed by atoms with Crippen LogP contribution in [0.5, 0.6) is 0 Å². The second kappa shape index (κ2) is 7.30. The van der Waals surface area contributed by atoms with Gasteiger partial charge in [-0.3, -0.25) is 9.59 Å². The molecule has 0 saturated heterocycles. The first-order valence-electron chi connectivity index (χ1n) is 8.35. The molecule has 124 valence electrons. The lowest BCUT2D eigenvalue weighted by Gasteiger charge is -2.26. The standard InChI is InChI=1S/C20H22N2O2/c1-14-6-4-9-16(12-14)20(24)21-13-19(23)22-18-11-5-8-15-7-2-3-10-17(15)18/h2-4,6-7,9-10,12,18H,5,8,11,13H2,1H3,(H,21,24)(H,22,23)/t18-/m1/s1. The highest BCUT2D eigenvalue weighted by molar-refractivity contribution is 5.96. The SMILES string of the molecule is Cc1cccc(C(=O)NCC(=O)N[C@@H]2CCCc3ccccc32)c1. The fourth-order valence-electron chi connectivity index (χ4n) is 3.20. The lowest BCUT2D eigenvalue weighted by atomic mass is 9.88. The van der Waals surface area contributed by atoms with E-state index >= 15 is 0 Å². The normalized spacial score (nSPS) is 16.1. The zero-order chi connectivity index (χ0) is 16.9. The van der Waals surface area contributed by atoms with Crippen molar-refractivity contribution in [3.63, 3.8) is 0 Å². The molecule has 0 fully saturated rings. The Morgan fingerprint density at radius 1 is 1.12 bits per heavy atom. The van der Waals surface area contributed by atoms with E-state index in [0.717, 1.165) is 24.8 Å². The molecule has 2 amide bonds.